The largest absolute Gasteiger partial charge is 0.507 e. The third-order valence-corrected chi connectivity index (χ3v) is 5.00. The summed E-state index contributed by atoms with van der Waals surface area (Å²) in [4.78, 5) is 23.1. The van der Waals surface area contributed by atoms with E-state index in [-0.39, 0.29) is 29.6 Å². The van der Waals surface area contributed by atoms with Crippen LogP contribution >= 0.6 is 0 Å². The van der Waals surface area contributed by atoms with Gasteiger partial charge in [0.2, 0.25) is 0 Å². The lowest BCUT2D eigenvalue weighted by Crippen LogP contribution is -2.23. The molecule has 1 rings (SSSR count). The number of hydrogen-bond acceptors (Lipinski definition) is 5. The van der Waals surface area contributed by atoms with Gasteiger partial charge < -0.3 is 14.9 Å². The number of phenolic OH excluding ortho intramolecular Hbond substituents is 2. The number of rotatable bonds is 8. The van der Waals surface area contributed by atoms with Gasteiger partial charge in [-0.25, -0.2) is 0 Å². The van der Waals surface area contributed by atoms with Gasteiger partial charge in [-0.05, 0) is 84.4 Å². The second kappa shape index (κ2) is 10.3. The molecular formula is C24H34O5. The van der Waals surface area contributed by atoms with Gasteiger partial charge in [-0.15, -0.1) is 0 Å². The molecule has 0 radical (unpaired) electrons. The molecule has 0 aliphatic heterocycles. The topological polar surface area (TPSA) is 83.8 Å². The summed E-state index contributed by atoms with van der Waals surface area (Å²) < 4.78 is 5.29. The van der Waals surface area contributed by atoms with Crippen molar-refractivity contribution >= 4 is 12.3 Å². The Bertz CT molecular complexity index is 823. The van der Waals surface area contributed by atoms with E-state index in [1.165, 1.54) is 0 Å². The maximum absolute atomic E-state index is 11.8. The van der Waals surface area contributed by atoms with Gasteiger partial charge in [0.05, 0.1) is 11.0 Å². The Hall–Kier alpha value is -2.56. The van der Waals surface area contributed by atoms with Crippen LogP contribution < -0.4 is 0 Å². The minimum atomic E-state index is -0.505. The molecule has 0 amide bonds. The lowest BCUT2D eigenvalue weighted by molar-refractivity contribution is -0.151. The number of carbonyl (C=O) groups is 2. The van der Waals surface area contributed by atoms with Crippen LogP contribution in [0.2, 0.25) is 0 Å². The van der Waals surface area contributed by atoms with Crippen LogP contribution in [0.3, 0.4) is 0 Å². The smallest absolute Gasteiger partial charge is 0.311 e. The predicted octanol–water partition coefficient (Wildman–Crippen LogP) is 5.33. The van der Waals surface area contributed by atoms with Crippen molar-refractivity contribution in [3.63, 3.8) is 0 Å². The number of allylic oxidation sites excluding steroid dienone is 3. The first-order valence-corrected chi connectivity index (χ1v) is 9.87. The molecule has 0 atom stereocenters. The molecule has 0 bridgehead atoms. The van der Waals surface area contributed by atoms with E-state index in [1.807, 2.05) is 46.8 Å². The van der Waals surface area contributed by atoms with E-state index in [2.05, 4.69) is 0 Å². The van der Waals surface area contributed by atoms with Gasteiger partial charge in [-0.3, -0.25) is 9.59 Å². The van der Waals surface area contributed by atoms with Crippen molar-refractivity contribution < 1.29 is 24.5 Å². The zero-order valence-corrected chi connectivity index (χ0v) is 18.7. The first-order chi connectivity index (χ1) is 13.4. The third-order valence-electron chi connectivity index (χ3n) is 5.00. The molecule has 0 unspecified atom stereocenters. The van der Waals surface area contributed by atoms with Crippen molar-refractivity contribution in [1.29, 1.82) is 0 Å². The quantitative estimate of drug-likeness (QED) is 0.349. The summed E-state index contributed by atoms with van der Waals surface area (Å²) in [6.45, 7) is 13.1. The van der Waals surface area contributed by atoms with Gasteiger partial charge in [-0.1, -0.05) is 17.7 Å². The Morgan fingerprint density at radius 2 is 1.62 bits per heavy atom. The van der Waals surface area contributed by atoms with Crippen LogP contribution in [0.5, 0.6) is 11.5 Å². The van der Waals surface area contributed by atoms with Gasteiger partial charge in [0.25, 0.3) is 0 Å². The summed E-state index contributed by atoms with van der Waals surface area (Å²) in [7, 11) is 0. The highest BCUT2D eigenvalue weighted by Gasteiger charge is 2.22. The predicted molar refractivity (Wildman–Crippen MR) is 115 cm³/mol. The molecular weight excluding hydrogens is 368 g/mol. The van der Waals surface area contributed by atoms with Crippen LogP contribution in [0.25, 0.3) is 0 Å². The Morgan fingerprint density at radius 1 is 1.00 bits per heavy atom. The van der Waals surface area contributed by atoms with Crippen LogP contribution in [0.1, 0.15) is 74.5 Å². The van der Waals surface area contributed by atoms with Gasteiger partial charge in [0.1, 0.15) is 18.1 Å². The fourth-order valence-corrected chi connectivity index (χ4v) is 2.78. The van der Waals surface area contributed by atoms with Gasteiger partial charge in [0.15, 0.2) is 6.29 Å². The number of aldehydes is 1. The summed E-state index contributed by atoms with van der Waals surface area (Å²) in [6.07, 6.45) is 6.56. The summed E-state index contributed by atoms with van der Waals surface area (Å²) >= 11 is 0. The van der Waals surface area contributed by atoms with Crippen LogP contribution in [0.15, 0.2) is 23.3 Å². The van der Waals surface area contributed by atoms with E-state index in [9.17, 15) is 19.8 Å². The first kappa shape index (κ1) is 24.5. The SMILES string of the molecule is C/C(=C\Cc1c(O)c(C)c(C)c(C=O)c1O)CC/C=C(\C)COC(=O)C(C)(C)C. The zero-order valence-electron chi connectivity index (χ0n) is 18.7. The Balaban J connectivity index is 2.71. The minimum Gasteiger partial charge on any atom is -0.507 e. The number of phenols is 2. The number of ether oxygens (including phenoxy) is 1. The average Bonchev–Trinajstić information content (AvgIpc) is 2.64. The van der Waals surface area contributed by atoms with E-state index < -0.39 is 5.41 Å². The molecule has 160 valence electrons. The highest BCUT2D eigenvalue weighted by atomic mass is 16.5. The average molecular weight is 403 g/mol. The van der Waals surface area contributed by atoms with E-state index in [1.54, 1.807) is 13.8 Å². The molecule has 29 heavy (non-hydrogen) atoms. The maximum atomic E-state index is 11.8. The highest BCUT2D eigenvalue weighted by molar-refractivity contribution is 5.84. The highest BCUT2D eigenvalue weighted by Crippen LogP contribution is 2.37. The lowest BCUT2D eigenvalue weighted by Gasteiger charge is -2.16. The summed E-state index contributed by atoms with van der Waals surface area (Å²) in [5.74, 6) is -0.337. The second-order valence-corrected chi connectivity index (χ2v) is 8.63. The van der Waals surface area contributed by atoms with Crippen molar-refractivity contribution in [3.8, 4) is 11.5 Å². The van der Waals surface area contributed by atoms with Crippen LogP contribution in [0, 0.1) is 19.3 Å². The van der Waals surface area contributed by atoms with Crippen molar-refractivity contribution in [2.24, 2.45) is 5.41 Å². The fraction of sp³-hybridized carbons (Fsp3) is 0.500. The van der Waals surface area contributed by atoms with E-state index >= 15 is 0 Å². The lowest BCUT2D eigenvalue weighted by atomic mass is 9.95. The van der Waals surface area contributed by atoms with Crippen molar-refractivity contribution in [2.75, 3.05) is 6.61 Å². The van der Waals surface area contributed by atoms with Gasteiger partial charge >= 0.3 is 5.97 Å². The van der Waals surface area contributed by atoms with Crippen molar-refractivity contribution in [1.82, 2.24) is 0 Å². The molecule has 5 nitrogen and oxygen atoms in total. The molecule has 2 N–H and O–H groups in total. The zero-order chi connectivity index (χ0) is 22.4. The van der Waals surface area contributed by atoms with E-state index in [0.717, 1.165) is 24.0 Å². The van der Waals surface area contributed by atoms with Crippen molar-refractivity contribution in [3.05, 3.63) is 45.6 Å². The summed E-state index contributed by atoms with van der Waals surface area (Å²) in [5, 5.41) is 20.7. The normalized spacial score (nSPS) is 12.8. The molecule has 0 aliphatic carbocycles. The number of benzene rings is 1. The maximum Gasteiger partial charge on any atom is 0.311 e. The molecule has 0 spiro atoms. The van der Waals surface area contributed by atoms with Crippen molar-refractivity contribution in [2.45, 2.75) is 67.7 Å². The molecule has 1 aromatic carbocycles. The summed E-state index contributed by atoms with van der Waals surface area (Å²) in [6, 6.07) is 0. The molecule has 0 fully saturated rings. The Labute approximate surface area is 174 Å². The molecule has 0 heterocycles. The first-order valence-electron chi connectivity index (χ1n) is 9.87. The number of aromatic hydroxyl groups is 2. The molecule has 0 saturated carbocycles. The number of carbonyl (C=O) groups excluding carboxylic acids is 2. The summed E-state index contributed by atoms with van der Waals surface area (Å²) in [5.41, 5.74) is 3.39. The molecule has 0 aliphatic rings. The Morgan fingerprint density at radius 3 is 2.17 bits per heavy atom. The number of hydrogen-bond donors (Lipinski definition) is 2. The number of esters is 1. The second-order valence-electron chi connectivity index (χ2n) is 8.63. The van der Waals surface area contributed by atoms with E-state index in [4.69, 9.17) is 4.74 Å². The molecule has 0 aromatic heterocycles. The van der Waals surface area contributed by atoms with Gasteiger partial charge in [0, 0.05) is 5.56 Å². The standard InChI is InChI=1S/C24H34O5/c1-15(9-8-10-16(2)14-29-23(28)24(5,6)7)11-12-19-21(26)18(4)17(3)20(13-25)22(19)27/h10-11,13,26-27H,8-9,12,14H2,1-7H3/b15-11+,16-10+. The minimum absolute atomic E-state index is 0.0334. The van der Waals surface area contributed by atoms with E-state index in [0.29, 0.717) is 29.4 Å². The monoisotopic (exact) mass is 402 g/mol. The third kappa shape index (κ3) is 6.77. The Kier molecular flexibility index (Phi) is 8.68. The molecule has 5 heteroatoms. The van der Waals surface area contributed by atoms with Crippen LogP contribution in [0.4, 0.5) is 0 Å². The van der Waals surface area contributed by atoms with Crippen LogP contribution in [-0.4, -0.2) is 29.1 Å². The van der Waals surface area contributed by atoms with Gasteiger partial charge in [-0.2, -0.15) is 0 Å². The van der Waals surface area contributed by atoms with Crippen LogP contribution in [-0.2, 0) is 16.0 Å². The fourth-order valence-electron chi connectivity index (χ4n) is 2.78. The molecule has 0 saturated heterocycles. The molecule has 1 aromatic rings.